The van der Waals surface area contributed by atoms with Gasteiger partial charge < -0.3 is 5.73 Å². The molecule has 0 spiro atoms. The van der Waals surface area contributed by atoms with Gasteiger partial charge in [0.25, 0.3) is 0 Å². The molecule has 0 atom stereocenters. The molecule has 0 saturated heterocycles. The molecule has 0 amide bonds. The van der Waals surface area contributed by atoms with Crippen LogP contribution in [-0.2, 0) is 0 Å². The highest BCUT2D eigenvalue weighted by Gasteiger charge is 2.13. The minimum Gasteiger partial charge on any atom is -0.393 e. The Hall–Kier alpha value is -1.43. The van der Waals surface area contributed by atoms with E-state index in [1.165, 1.54) is 6.20 Å². The van der Waals surface area contributed by atoms with Crippen LogP contribution in [-0.4, -0.2) is 15.2 Å². The highest BCUT2D eigenvalue weighted by Crippen LogP contribution is 2.24. The summed E-state index contributed by atoms with van der Waals surface area (Å²) in [6.07, 6.45) is 7.11. The smallest absolute Gasteiger partial charge is 0.310 e. The number of nitrogen functional groups attached to an aromatic ring is 1. The minimum absolute atomic E-state index is 0.154. The number of nitro groups is 1. The monoisotopic (exact) mass is 271 g/mol. The molecule has 15 heavy (non-hydrogen) atoms. The number of aromatic nitrogens is 1. The SMILES string of the molecule is Nc1c(C=CCCBr)cncc1[N+](=O)[O-]. The maximum absolute atomic E-state index is 10.6. The van der Waals surface area contributed by atoms with Gasteiger partial charge in [-0.3, -0.25) is 15.1 Å². The van der Waals surface area contributed by atoms with E-state index >= 15 is 0 Å². The Bertz CT molecular complexity index is 393. The highest BCUT2D eigenvalue weighted by molar-refractivity contribution is 9.09. The van der Waals surface area contributed by atoms with E-state index in [0.29, 0.717) is 5.56 Å². The number of alkyl halides is 1. The fourth-order valence-electron chi connectivity index (χ4n) is 1.03. The van der Waals surface area contributed by atoms with Crippen LogP contribution in [0.15, 0.2) is 18.5 Å². The summed E-state index contributed by atoms with van der Waals surface area (Å²) in [4.78, 5) is 13.8. The second-order valence-electron chi connectivity index (χ2n) is 2.80. The summed E-state index contributed by atoms with van der Waals surface area (Å²) >= 11 is 3.27. The molecule has 0 unspecified atom stereocenters. The Labute approximate surface area is 95.3 Å². The fraction of sp³-hybridized carbons (Fsp3) is 0.222. The van der Waals surface area contributed by atoms with Crippen molar-refractivity contribution in [1.82, 2.24) is 4.98 Å². The van der Waals surface area contributed by atoms with E-state index in [9.17, 15) is 10.1 Å². The van der Waals surface area contributed by atoms with Gasteiger partial charge >= 0.3 is 5.69 Å². The summed E-state index contributed by atoms with van der Waals surface area (Å²) in [7, 11) is 0. The second kappa shape index (κ2) is 5.45. The maximum atomic E-state index is 10.6. The number of nitrogens with zero attached hydrogens (tertiary/aromatic N) is 2. The minimum atomic E-state index is -0.538. The lowest BCUT2D eigenvalue weighted by atomic mass is 10.2. The zero-order chi connectivity index (χ0) is 11.3. The van der Waals surface area contributed by atoms with Gasteiger partial charge in [-0.15, -0.1) is 0 Å². The van der Waals surface area contributed by atoms with E-state index < -0.39 is 4.92 Å². The maximum Gasteiger partial charge on any atom is 0.310 e. The summed E-state index contributed by atoms with van der Waals surface area (Å²) in [5, 5.41) is 11.4. The summed E-state index contributed by atoms with van der Waals surface area (Å²) in [6, 6.07) is 0. The lowest BCUT2D eigenvalue weighted by molar-refractivity contribution is -0.384. The first-order valence-electron chi connectivity index (χ1n) is 4.27. The van der Waals surface area contributed by atoms with Crippen LogP contribution in [0.5, 0.6) is 0 Å². The van der Waals surface area contributed by atoms with Crippen molar-refractivity contribution in [1.29, 1.82) is 0 Å². The molecule has 0 radical (unpaired) electrons. The molecule has 1 aromatic heterocycles. The lowest BCUT2D eigenvalue weighted by Crippen LogP contribution is -1.98. The van der Waals surface area contributed by atoms with Crippen molar-refractivity contribution in [3.05, 3.63) is 34.1 Å². The lowest BCUT2D eigenvalue weighted by Gasteiger charge is -1.99. The molecule has 2 N–H and O–H groups in total. The van der Waals surface area contributed by atoms with Crippen molar-refractivity contribution in [2.45, 2.75) is 6.42 Å². The summed E-state index contributed by atoms with van der Waals surface area (Å²) in [5.41, 5.74) is 6.19. The number of hydrogen-bond acceptors (Lipinski definition) is 4. The van der Waals surface area contributed by atoms with E-state index in [1.807, 2.05) is 6.08 Å². The highest BCUT2D eigenvalue weighted by atomic mass is 79.9. The molecular formula is C9H10BrN3O2. The van der Waals surface area contributed by atoms with Gasteiger partial charge in [-0.2, -0.15) is 0 Å². The Kier molecular flexibility index (Phi) is 4.23. The topological polar surface area (TPSA) is 82.0 Å². The standard InChI is InChI=1S/C9H10BrN3O2/c10-4-2-1-3-7-5-12-6-8(9(7)11)13(14)15/h1,3,5-6H,2,4H2,(H2,11,12). The van der Waals surface area contributed by atoms with Crippen LogP contribution in [0, 0.1) is 10.1 Å². The molecule has 80 valence electrons. The molecule has 1 heterocycles. The van der Waals surface area contributed by atoms with Crippen LogP contribution in [0.4, 0.5) is 11.4 Å². The van der Waals surface area contributed by atoms with Crippen LogP contribution in [0.1, 0.15) is 12.0 Å². The van der Waals surface area contributed by atoms with Crippen molar-refractivity contribution >= 4 is 33.4 Å². The van der Waals surface area contributed by atoms with E-state index in [2.05, 4.69) is 20.9 Å². The molecule has 1 aromatic rings. The Morgan fingerprint density at radius 3 is 2.93 bits per heavy atom. The number of anilines is 1. The molecule has 0 saturated carbocycles. The van der Waals surface area contributed by atoms with Crippen LogP contribution in [0.2, 0.25) is 0 Å². The first-order chi connectivity index (χ1) is 7.16. The average Bonchev–Trinajstić information content (AvgIpc) is 2.20. The first kappa shape index (κ1) is 11.6. The van der Waals surface area contributed by atoms with Gasteiger partial charge in [0.2, 0.25) is 0 Å². The van der Waals surface area contributed by atoms with Gasteiger partial charge in [0.05, 0.1) is 4.92 Å². The van der Waals surface area contributed by atoms with Crippen LogP contribution in [0.25, 0.3) is 6.08 Å². The number of nitrogens with two attached hydrogens (primary N) is 1. The molecular weight excluding hydrogens is 262 g/mol. The average molecular weight is 272 g/mol. The quantitative estimate of drug-likeness (QED) is 0.518. The van der Waals surface area contributed by atoms with Crippen molar-refractivity contribution in [2.75, 3.05) is 11.1 Å². The zero-order valence-electron chi connectivity index (χ0n) is 7.89. The molecule has 1 rings (SSSR count). The molecule has 0 bridgehead atoms. The Morgan fingerprint density at radius 1 is 1.60 bits per heavy atom. The third-order valence-corrected chi connectivity index (χ3v) is 2.23. The van der Waals surface area contributed by atoms with Gasteiger partial charge in [-0.1, -0.05) is 28.1 Å². The van der Waals surface area contributed by atoms with E-state index in [-0.39, 0.29) is 11.4 Å². The van der Waals surface area contributed by atoms with Gasteiger partial charge in [0.15, 0.2) is 0 Å². The summed E-state index contributed by atoms with van der Waals surface area (Å²) in [5.74, 6) is 0. The predicted octanol–water partition coefficient (Wildman–Crippen LogP) is 2.37. The normalized spacial score (nSPS) is 10.7. The van der Waals surface area contributed by atoms with Gasteiger partial charge in [0.1, 0.15) is 11.9 Å². The zero-order valence-corrected chi connectivity index (χ0v) is 9.48. The summed E-state index contributed by atoms with van der Waals surface area (Å²) < 4.78 is 0. The number of hydrogen-bond donors (Lipinski definition) is 1. The van der Waals surface area contributed by atoms with Crippen molar-refractivity contribution in [3.8, 4) is 0 Å². The second-order valence-corrected chi connectivity index (χ2v) is 3.59. The molecule has 0 aliphatic heterocycles. The number of allylic oxidation sites excluding steroid dienone is 1. The molecule has 6 heteroatoms. The third kappa shape index (κ3) is 3.02. The molecule has 0 aliphatic rings. The van der Waals surface area contributed by atoms with Gasteiger partial charge in [-0.25, -0.2) is 0 Å². The van der Waals surface area contributed by atoms with E-state index in [4.69, 9.17) is 5.73 Å². The van der Waals surface area contributed by atoms with Crippen LogP contribution < -0.4 is 5.73 Å². The van der Waals surface area contributed by atoms with Crippen molar-refractivity contribution in [2.24, 2.45) is 0 Å². The third-order valence-electron chi connectivity index (χ3n) is 1.77. The Morgan fingerprint density at radius 2 is 2.33 bits per heavy atom. The van der Waals surface area contributed by atoms with Crippen molar-refractivity contribution in [3.63, 3.8) is 0 Å². The summed E-state index contributed by atoms with van der Waals surface area (Å²) in [6.45, 7) is 0. The predicted molar refractivity (Wildman–Crippen MR) is 62.7 cm³/mol. The van der Waals surface area contributed by atoms with E-state index in [1.54, 1.807) is 6.08 Å². The number of rotatable bonds is 4. The Balaban J connectivity index is 2.99. The molecule has 5 nitrogen and oxygen atoms in total. The molecule has 0 aliphatic carbocycles. The van der Waals surface area contributed by atoms with E-state index in [0.717, 1.165) is 17.9 Å². The number of halogens is 1. The van der Waals surface area contributed by atoms with Gasteiger partial charge in [0, 0.05) is 17.1 Å². The number of pyridine rings is 1. The molecule has 0 fully saturated rings. The van der Waals surface area contributed by atoms with Gasteiger partial charge in [-0.05, 0) is 6.42 Å². The first-order valence-corrected chi connectivity index (χ1v) is 5.39. The van der Waals surface area contributed by atoms with Crippen LogP contribution >= 0.6 is 15.9 Å². The van der Waals surface area contributed by atoms with Crippen molar-refractivity contribution < 1.29 is 4.92 Å². The largest absolute Gasteiger partial charge is 0.393 e. The molecule has 0 aromatic carbocycles. The van der Waals surface area contributed by atoms with Crippen LogP contribution in [0.3, 0.4) is 0 Å². The fourth-order valence-corrected chi connectivity index (χ4v) is 1.29.